The summed E-state index contributed by atoms with van der Waals surface area (Å²) in [4.78, 5) is 1.54. The second-order valence-corrected chi connectivity index (χ2v) is 22.4. The molecule has 1 heterocycles. The molecule has 0 bridgehead atoms. The van der Waals surface area contributed by atoms with Gasteiger partial charge in [0.05, 0.1) is 21.5 Å². The van der Waals surface area contributed by atoms with E-state index in [0.717, 1.165) is 44.8 Å². The fraction of sp³-hybridized carbons (Fsp3) is 0.600. The SMILES string of the molecule is CCCCC(CC)COc1cc(Br)c(OCC(CC)CCCC)cc1C.CCCCCCc1c(C)sc(Br)c1CCCCCC.Cc1ccc(Br)c(C)c1.Cc1ccc(Br)cc1O. The fourth-order valence-electron chi connectivity index (χ4n) is 7.11. The van der Waals surface area contributed by atoms with Gasteiger partial charge in [-0.15, -0.1) is 11.3 Å². The summed E-state index contributed by atoms with van der Waals surface area (Å²) >= 11 is 16.1. The Balaban J connectivity index is 0.000000462. The zero-order valence-corrected chi connectivity index (χ0v) is 48.3. The highest BCUT2D eigenvalue weighted by atomic mass is 79.9. The molecule has 0 aliphatic carbocycles. The predicted octanol–water partition coefficient (Wildman–Crippen LogP) is 20.5. The van der Waals surface area contributed by atoms with Gasteiger partial charge in [-0.25, -0.2) is 0 Å². The Morgan fingerprint density at radius 3 is 1.54 bits per heavy atom. The molecule has 0 aliphatic rings. The first-order valence-electron chi connectivity index (χ1n) is 24.2. The molecule has 4 rings (SSSR count). The van der Waals surface area contributed by atoms with Gasteiger partial charge in [0.1, 0.15) is 17.2 Å². The summed E-state index contributed by atoms with van der Waals surface area (Å²) in [6.45, 7) is 25.6. The van der Waals surface area contributed by atoms with Crippen LogP contribution in [-0.2, 0) is 12.8 Å². The quantitative estimate of drug-likeness (QED) is 0.0711. The Morgan fingerprint density at radius 2 is 1.06 bits per heavy atom. The van der Waals surface area contributed by atoms with Crippen molar-refractivity contribution >= 4 is 75.1 Å². The molecular weight excluding hydrogens is 1060 g/mol. The normalized spacial score (nSPS) is 11.7. The lowest BCUT2D eigenvalue weighted by molar-refractivity contribution is 0.226. The van der Waals surface area contributed by atoms with Crippen LogP contribution in [0.25, 0.3) is 0 Å². The van der Waals surface area contributed by atoms with Gasteiger partial charge in [-0.05, 0) is 175 Å². The second kappa shape index (κ2) is 35.8. The van der Waals surface area contributed by atoms with Gasteiger partial charge >= 0.3 is 0 Å². The molecule has 3 nitrogen and oxygen atoms in total. The standard InChI is InChI=1S/C23H39BrO2.C17H29BrS.C8H9Br.C7H7BrO/c1-6-10-12-19(8-3)16-25-22-15-21(24)23(14-18(22)5)26-17-20(9-4)13-11-7-2;1-4-6-8-10-12-15-14(3)19-17(18)16(15)13-11-9-7-5-2;1-6-3-4-8(9)7(2)5-6;1-5-2-3-6(8)4-7(5)9/h14-15,19-20H,6-13,16-17H2,1-5H3;4-13H2,1-3H3;3-5H,1-2H3;2-4,9H,1H3. The molecular formula is C55H84Br4O3S. The summed E-state index contributed by atoms with van der Waals surface area (Å²) in [5, 5.41) is 9.07. The van der Waals surface area contributed by atoms with E-state index < -0.39 is 0 Å². The third-order valence-electron chi connectivity index (χ3n) is 11.6. The number of aryl methyl sites for hydroxylation is 5. The van der Waals surface area contributed by atoms with Gasteiger partial charge in [0.25, 0.3) is 0 Å². The maximum Gasteiger partial charge on any atom is 0.134 e. The van der Waals surface area contributed by atoms with Gasteiger partial charge in [0, 0.05) is 13.8 Å². The van der Waals surface area contributed by atoms with Crippen LogP contribution in [-0.4, -0.2) is 18.3 Å². The molecule has 0 radical (unpaired) electrons. The van der Waals surface area contributed by atoms with E-state index in [1.54, 1.807) is 17.2 Å². The molecule has 8 heteroatoms. The highest BCUT2D eigenvalue weighted by Crippen LogP contribution is 2.36. The van der Waals surface area contributed by atoms with Crippen LogP contribution < -0.4 is 9.47 Å². The highest BCUT2D eigenvalue weighted by molar-refractivity contribution is 9.11. The maximum atomic E-state index is 9.07. The number of unbranched alkanes of at least 4 members (excludes halogenated alkanes) is 8. The minimum Gasteiger partial charge on any atom is -0.508 e. The lowest BCUT2D eigenvalue weighted by Crippen LogP contribution is -2.13. The van der Waals surface area contributed by atoms with Gasteiger partial charge in [0.2, 0.25) is 0 Å². The lowest BCUT2D eigenvalue weighted by atomic mass is 9.99. The first-order valence-corrected chi connectivity index (χ1v) is 28.1. The van der Waals surface area contributed by atoms with Gasteiger partial charge in [0.15, 0.2) is 0 Å². The first kappa shape index (κ1) is 59.7. The zero-order chi connectivity index (χ0) is 47.2. The highest BCUT2D eigenvalue weighted by Gasteiger charge is 2.15. The molecule has 0 aliphatic heterocycles. The summed E-state index contributed by atoms with van der Waals surface area (Å²) in [6, 6.07) is 15.9. The lowest BCUT2D eigenvalue weighted by Gasteiger charge is -2.19. The summed E-state index contributed by atoms with van der Waals surface area (Å²) in [6.07, 6.45) is 23.4. The Kier molecular flexibility index (Phi) is 33.9. The van der Waals surface area contributed by atoms with Crippen LogP contribution in [0.1, 0.15) is 183 Å². The molecule has 1 N–H and O–H groups in total. The molecule has 0 saturated heterocycles. The van der Waals surface area contributed by atoms with E-state index >= 15 is 0 Å². The average Bonchev–Trinajstić information content (AvgIpc) is 3.53. The molecule has 0 amide bonds. The topological polar surface area (TPSA) is 38.7 Å². The number of phenolic OH excluding ortho intramolecular Hbond substituents is 1. The largest absolute Gasteiger partial charge is 0.508 e. The minimum atomic E-state index is 0.337. The van der Waals surface area contributed by atoms with E-state index in [-0.39, 0.29) is 0 Å². The number of ether oxygens (including phenoxy) is 2. The van der Waals surface area contributed by atoms with E-state index in [1.165, 1.54) is 140 Å². The van der Waals surface area contributed by atoms with Crippen LogP contribution in [0, 0.1) is 46.5 Å². The number of benzene rings is 3. The number of phenols is 1. The number of hydrogen-bond acceptors (Lipinski definition) is 4. The van der Waals surface area contributed by atoms with E-state index in [2.05, 4.69) is 163 Å². The van der Waals surface area contributed by atoms with E-state index in [4.69, 9.17) is 14.6 Å². The average molecular weight is 1140 g/mol. The predicted molar refractivity (Wildman–Crippen MR) is 293 cm³/mol. The van der Waals surface area contributed by atoms with Crippen LogP contribution >= 0.6 is 75.1 Å². The van der Waals surface area contributed by atoms with E-state index in [9.17, 15) is 0 Å². The van der Waals surface area contributed by atoms with Crippen molar-refractivity contribution in [2.45, 2.75) is 192 Å². The van der Waals surface area contributed by atoms with Crippen LogP contribution in [0.4, 0.5) is 0 Å². The van der Waals surface area contributed by atoms with Crippen molar-refractivity contribution in [3.05, 3.63) is 104 Å². The van der Waals surface area contributed by atoms with Crippen LogP contribution in [0.3, 0.4) is 0 Å². The van der Waals surface area contributed by atoms with Crippen molar-refractivity contribution in [3.8, 4) is 17.2 Å². The summed E-state index contributed by atoms with van der Waals surface area (Å²) in [5.74, 6) is 3.53. The van der Waals surface area contributed by atoms with E-state index in [1.807, 2.05) is 30.4 Å². The molecule has 3 aromatic carbocycles. The Hall–Kier alpha value is -1.32. The van der Waals surface area contributed by atoms with Crippen molar-refractivity contribution in [3.63, 3.8) is 0 Å². The third kappa shape index (κ3) is 25.4. The molecule has 0 spiro atoms. The van der Waals surface area contributed by atoms with Gasteiger partial charge in [-0.1, -0.05) is 174 Å². The van der Waals surface area contributed by atoms with E-state index in [0.29, 0.717) is 17.6 Å². The monoisotopic (exact) mass is 1140 g/mol. The maximum absolute atomic E-state index is 9.07. The van der Waals surface area contributed by atoms with Crippen LogP contribution in [0.2, 0.25) is 0 Å². The number of aromatic hydroxyl groups is 1. The fourth-order valence-corrected chi connectivity index (χ4v) is 10.3. The van der Waals surface area contributed by atoms with Crippen molar-refractivity contribution in [2.75, 3.05) is 13.2 Å². The molecule has 0 saturated carbocycles. The van der Waals surface area contributed by atoms with Crippen LogP contribution in [0.5, 0.6) is 17.2 Å². The van der Waals surface area contributed by atoms with Gasteiger partial charge in [-0.2, -0.15) is 0 Å². The van der Waals surface area contributed by atoms with Crippen molar-refractivity contribution < 1.29 is 14.6 Å². The summed E-state index contributed by atoms with van der Waals surface area (Å²) in [5.41, 5.74) is 7.94. The van der Waals surface area contributed by atoms with Crippen molar-refractivity contribution in [2.24, 2.45) is 11.8 Å². The minimum absolute atomic E-state index is 0.337. The number of thiophene rings is 1. The smallest absolute Gasteiger partial charge is 0.134 e. The van der Waals surface area contributed by atoms with Gasteiger partial charge in [-0.3, -0.25) is 0 Å². The Labute approximate surface area is 424 Å². The summed E-state index contributed by atoms with van der Waals surface area (Å²) < 4.78 is 16.7. The van der Waals surface area contributed by atoms with Crippen molar-refractivity contribution in [1.29, 1.82) is 0 Å². The Bertz CT molecular complexity index is 1680. The molecule has 4 aromatic rings. The molecule has 2 atom stereocenters. The number of hydrogen-bond donors (Lipinski definition) is 1. The van der Waals surface area contributed by atoms with Crippen molar-refractivity contribution in [1.82, 2.24) is 0 Å². The summed E-state index contributed by atoms with van der Waals surface area (Å²) in [7, 11) is 0. The van der Waals surface area contributed by atoms with Gasteiger partial charge < -0.3 is 14.6 Å². The molecule has 356 valence electrons. The molecule has 0 fully saturated rings. The second-order valence-electron chi connectivity index (χ2n) is 17.2. The zero-order valence-electron chi connectivity index (χ0n) is 41.1. The van der Waals surface area contributed by atoms with Crippen LogP contribution in [0.15, 0.2) is 65.7 Å². The molecule has 63 heavy (non-hydrogen) atoms. The number of rotatable bonds is 24. The Morgan fingerprint density at radius 1 is 0.524 bits per heavy atom. The number of halogens is 4. The third-order valence-corrected chi connectivity index (χ3v) is 15.5. The molecule has 1 aromatic heterocycles. The molecule has 2 unspecified atom stereocenters. The first-order chi connectivity index (χ1) is 30.1.